The van der Waals surface area contributed by atoms with E-state index in [1.54, 1.807) is 12.3 Å². The first-order valence-electron chi connectivity index (χ1n) is 3.64. The summed E-state index contributed by atoms with van der Waals surface area (Å²) in [6.07, 6.45) is 4.50. The van der Waals surface area contributed by atoms with Crippen molar-refractivity contribution in [3.63, 3.8) is 0 Å². The molecule has 0 aromatic carbocycles. The maximum atomic E-state index is 5.57. The van der Waals surface area contributed by atoms with Crippen LogP contribution in [0.25, 0.3) is 6.08 Å². The molecule has 0 spiro atoms. The van der Waals surface area contributed by atoms with Gasteiger partial charge in [0.15, 0.2) is 0 Å². The van der Waals surface area contributed by atoms with Gasteiger partial charge in [-0.15, -0.1) is 0 Å². The van der Waals surface area contributed by atoms with Crippen molar-refractivity contribution in [2.24, 2.45) is 0 Å². The monoisotopic (exact) mass is 148 g/mol. The lowest BCUT2D eigenvalue weighted by Crippen LogP contribution is -1.94. The van der Waals surface area contributed by atoms with Gasteiger partial charge in [0.2, 0.25) is 0 Å². The molecule has 0 fully saturated rings. The Hall–Kier alpha value is -1.31. The summed E-state index contributed by atoms with van der Waals surface area (Å²) in [5.41, 5.74) is 7.68. The van der Waals surface area contributed by atoms with Crippen molar-refractivity contribution in [1.29, 1.82) is 0 Å². The Balaban J connectivity index is 3.12. The zero-order valence-electron chi connectivity index (χ0n) is 6.67. The molecule has 2 heteroatoms. The van der Waals surface area contributed by atoms with Crippen LogP contribution in [0.4, 0.5) is 5.82 Å². The van der Waals surface area contributed by atoms with Crippen molar-refractivity contribution in [2.75, 3.05) is 5.73 Å². The van der Waals surface area contributed by atoms with Gasteiger partial charge in [-0.3, -0.25) is 0 Å². The van der Waals surface area contributed by atoms with E-state index in [1.165, 1.54) is 5.56 Å². The van der Waals surface area contributed by atoms with Crippen LogP contribution in [0.3, 0.4) is 0 Å². The molecule has 0 atom stereocenters. The predicted molar refractivity (Wildman–Crippen MR) is 48.1 cm³/mol. The lowest BCUT2D eigenvalue weighted by atomic mass is 10.1. The number of aromatic nitrogens is 1. The minimum absolute atomic E-state index is 0.553. The highest BCUT2D eigenvalue weighted by molar-refractivity contribution is 5.59. The van der Waals surface area contributed by atoms with Crippen LogP contribution in [0.15, 0.2) is 18.8 Å². The van der Waals surface area contributed by atoms with Gasteiger partial charge in [-0.1, -0.05) is 19.6 Å². The zero-order valence-corrected chi connectivity index (χ0v) is 6.67. The molecule has 11 heavy (non-hydrogen) atoms. The predicted octanol–water partition coefficient (Wildman–Crippen LogP) is 1.87. The lowest BCUT2D eigenvalue weighted by Gasteiger charge is -2.00. The van der Waals surface area contributed by atoms with Crippen molar-refractivity contribution in [3.8, 4) is 0 Å². The molecule has 2 N–H and O–H groups in total. The summed E-state index contributed by atoms with van der Waals surface area (Å²) in [4.78, 5) is 4.03. The standard InChI is InChI=1S/C9H12N2/c1-3-7-5-8(4-2)9(10)11-6-7/h4-6H,2-3H2,1H3,(H2,10,11). The van der Waals surface area contributed by atoms with Gasteiger partial charge in [-0.2, -0.15) is 0 Å². The van der Waals surface area contributed by atoms with Crippen LogP contribution in [-0.4, -0.2) is 4.98 Å². The van der Waals surface area contributed by atoms with E-state index in [0.717, 1.165) is 12.0 Å². The van der Waals surface area contributed by atoms with Crippen LogP contribution < -0.4 is 5.73 Å². The molecule has 0 aliphatic heterocycles. The molecule has 1 aromatic rings. The largest absolute Gasteiger partial charge is 0.383 e. The third-order valence-electron chi connectivity index (χ3n) is 1.63. The number of hydrogen-bond donors (Lipinski definition) is 1. The van der Waals surface area contributed by atoms with Gasteiger partial charge >= 0.3 is 0 Å². The second kappa shape index (κ2) is 3.19. The summed E-state index contributed by atoms with van der Waals surface area (Å²) in [6.45, 7) is 5.73. The first kappa shape index (κ1) is 7.79. The van der Waals surface area contributed by atoms with E-state index in [0.29, 0.717) is 5.82 Å². The van der Waals surface area contributed by atoms with Crippen LogP contribution in [0, 0.1) is 0 Å². The Bertz CT molecular complexity index is 266. The fourth-order valence-corrected chi connectivity index (χ4v) is 0.895. The quantitative estimate of drug-likeness (QED) is 0.695. The summed E-state index contributed by atoms with van der Waals surface area (Å²) in [5.74, 6) is 0.553. The van der Waals surface area contributed by atoms with Crippen LogP contribution in [0.1, 0.15) is 18.1 Å². The van der Waals surface area contributed by atoms with Crippen molar-refractivity contribution in [1.82, 2.24) is 4.98 Å². The van der Waals surface area contributed by atoms with Crippen molar-refractivity contribution in [3.05, 3.63) is 30.0 Å². The van der Waals surface area contributed by atoms with Gasteiger partial charge in [-0.25, -0.2) is 4.98 Å². The highest BCUT2D eigenvalue weighted by Crippen LogP contribution is 2.11. The van der Waals surface area contributed by atoms with Crippen LogP contribution in [0.2, 0.25) is 0 Å². The van der Waals surface area contributed by atoms with Gasteiger partial charge in [0.1, 0.15) is 5.82 Å². The smallest absolute Gasteiger partial charge is 0.130 e. The van der Waals surface area contributed by atoms with Crippen molar-refractivity contribution < 1.29 is 0 Å². The Labute approximate surface area is 66.8 Å². The summed E-state index contributed by atoms with van der Waals surface area (Å²) in [7, 11) is 0. The summed E-state index contributed by atoms with van der Waals surface area (Å²) >= 11 is 0. The fraction of sp³-hybridized carbons (Fsp3) is 0.222. The van der Waals surface area contributed by atoms with Gasteiger partial charge < -0.3 is 5.73 Å². The van der Waals surface area contributed by atoms with Crippen LogP contribution >= 0.6 is 0 Å². The molecule has 0 aliphatic rings. The minimum atomic E-state index is 0.553. The molecule has 0 saturated carbocycles. The average molecular weight is 148 g/mol. The zero-order chi connectivity index (χ0) is 8.27. The molecule has 0 unspecified atom stereocenters. The van der Waals surface area contributed by atoms with Gasteiger partial charge in [-0.05, 0) is 18.1 Å². The van der Waals surface area contributed by atoms with E-state index < -0.39 is 0 Å². The lowest BCUT2D eigenvalue weighted by molar-refractivity contribution is 1.10. The number of nitrogens with two attached hydrogens (primary N) is 1. The second-order valence-electron chi connectivity index (χ2n) is 2.38. The number of nitrogen functional groups attached to an aromatic ring is 1. The van der Waals surface area contributed by atoms with Gasteiger partial charge in [0.05, 0.1) is 0 Å². The third-order valence-corrected chi connectivity index (χ3v) is 1.63. The summed E-state index contributed by atoms with van der Waals surface area (Å²) in [6, 6.07) is 2.01. The number of anilines is 1. The SMILES string of the molecule is C=Cc1cc(CC)cnc1N. The van der Waals surface area contributed by atoms with Crippen molar-refractivity contribution in [2.45, 2.75) is 13.3 Å². The minimum Gasteiger partial charge on any atom is -0.383 e. The molecule has 2 nitrogen and oxygen atoms in total. The van der Waals surface area contributed by atoms with E-state index in [-0.39, 0.29) is 0 Å². The van der Waals surface area contributed by atoms with Crippen molar-refractivity contribution >= 4 is 11.9 Å². The Morgan fingerprint density at radius 2 is 2.45 bits per heavy atom. The second-order valence-corrected chi connectivity index (χ2v) is 2.38. The Kier molecular flexibility index (Phi) is 2.26. The molecule has 0 aliphatic carbocycles. The molecule has 1 aromatic heterocycles. The van der Waals surface area contributed by atoms with E-state index in [9.17, 15) is 0 Å². The number of hydrogen-bond acceptors (Lipinski definition) is 2. The highest BCUT2D eigenvalue weighted by atomic mass is 14.8. The van der Waals surface area contributed by atoms with Crippen LogP contribution in [0.5, 0.6) is 0 Å². The molecule has 0 amide bonds. The number of rotatable bonds is 2. The maximum Gasteiger partial charge on any atom is 0.130 e. The van der Waals surface area contributed by atoms with Gasteiger partial charge in [0.25, 0.3) is 0 Å². The number of aryl methyl sites for hydroxylation is 1. The van der Waals surface area contributed by atoms with E-state index in [1.807, 2.05) is 6.07 Å². The first-order chi connectivity index (χ1) is 5.27. The maximum absolute atomic E-state index is 5.57. The molecule has 58 valence electrons. The molecular formula is C9H12N2. The topological polar surface area (TPSA) is 38.9 Å². The Morgan fingerprint density at radius 1 is 1.73 bits per heavy atom. The molecule has 0 bridgehead atoms. The third kappa shape index (κ3) is 1.58. The molecule has 0 saturated heterocycles. The van der Waals surface area contributed by atoms with Crippen LogP contribution in [-0.2, 0) is 6.42 Å². The summed E-state index contributed by atoms with van der Waals surface area (Å²) < 4.78 is 0. The molecule has 0 radical (unpaired) electrons. The molecular weight excluding hydrogens is 136 g/mol. The fourth-order valence-electron chi connectivity index (χ4n) is 0.895. The average Bonchev–Trinajstić information content (AvgIpc) is 2.05. The van der Waals surface area contributed by atoms with E-state index in [4.69, 9.17) is 5.73 Å². The number of pyridine rings is 1. The normalized spacial score (nSPS) is 9.55. The summed E-state index contributed by atoms with van der Waals surface area (Å²) in [5, 5.41) is 0. The number of nitrogens with zero attached hydrogens (tertiary/aromatic N) is 1. The highest BCUT2D eigenvalue weighted by Gasteiger charge is 1.96. The van der Waals surface area contributed by atoms with Gasteiger partial charge in [0, 0.05) is 11.8 Å². The van der Waals surface area contributed by atoms with E-state index >= 15 is 0 Å². The molecule has 1 heterocycles. The first-order valence-corrected chi connectivity index (χ1v) is 3.64. The Morgan fingerprint density at radius 3 is 3.00 bits per heavy atom. The molecule has 1 rings (SSSR count). The van der Waals surface area contributed by atoms with E-state index in [2.05, 4.69) is 18.5 Å².